The fourth-order valence-electron chi connectivity index (χ4n) is 1.19. The van der Waals surface area contributed by atoms with E-state index in [9.17, 15) is 9.59 Å². The number of carbonyl (C=O) groups is 2. The summed E-state index contributed by atoms with van der Waals surface area (Å²) in [6.45, 7) is 0. The molecule has 1 heterocycles. The standard InChI is InChI=1S/C12H10N4O2S/c17-10(15-12-13-6-7-19-12)11(18)16-14-8-9-4-2-1-3-5-9/h1-8H,(H,16,18)(H,13,15,17). The molecular weight excluding hydrogens is 264 g/mol. The number of aromatic nitrogens is 1. The Labute approximate surface area is 113 Å². The molecule has 0 spiro atoms. The minimum Gasteiger partial charge on any atom is -0.294 e. The molecule has 0 atom stereocenters. The number of hydrogen-bond acceptors (Lipinski definition) is 5. The van der Waals surface area contributed by atoms with Gasteiger partial charge in [-0.1, -0.05) is 30.3 Å². The lowest BCUT2D eigenvalue weighted by Crippen LogP contribution is -2.32. The second kappa shape index (κ2) is 6.41. The van der Waals surface area contributed by atoms with Gasteiger partial charge in [0.05, 0.1) is 6.21 Å². The maximum Gasteiger partial charge on any atom is 0.329 e. The van der Waals surface area contributed by atoms with E-state index in [-0.39, 0.29) is 0 Å². The van der Waals surface area contributed by atoms with Crippen LogP contribution in [0.3, 0.4) is 0 Å². The van der Waals surface area contributed by atoms with Crippen LogP contribution in [0.2, 0.25) is 0 Å². The highest BCUT2D eigenvalue weighted by molar-refractivity contribution is 7.13. The van der Waals surface area contributed by atoms with Crippen LogP contribution in [0.5, 0.6) is 0 Å². The summed E-state index contributed by atoms with van der Waals surface area (Å²) < 4.78 is 0. The van der Waals surface area contributed by atoms with E-state index in [2.05, 4.69) is 20.8 Å². The van der Waals surface area contributed by atoms with E-state index in [4.69, 9.17) is 0 Å². The average Bonchev–Trinajstić information content (AvgIpc) is 2.92. The Bertz CT molecular complexity index is 581. The Balaban J connectivity index is 1.84. The van der Waals surface area contributed by atoms with Crippen molar-refractivity contribution in [2.24, 2.45) is 5.10 Å². The number of carbonyl (C=O) groups excluding carboxylic acids is 2. The van der Waals surface area contributed by atoms with Crippen molar-refractivity contribution in [3.8, 4) is 0 Å². The minimum absolute atomic E-state index is 0.368. The zero-order valence-electron chi connectivity index (χ0n) is 9.74. The Morgan fingerprint density at radius 2 is 2.00 bits per heavy atom. The summed E-state index contributed by atoms with van der Waals surface area (Å²) in [5.74, 6) is -1.65. The number of nitrogens with zero attached hydrogens (tertiary/aromatic N) is 2. The zero-order valence-corrected chi connectivity index (χ0v) is 10.6. The molecule has 1 aromatic carbocycles. The van der Waals surface area contributed by atoms with Crippen molar-refractivity contribution in [1.82, 2.24) is 10.4 Å². The molecule has 1 aromatic heterocycles. The van der Waals surface area contributed by atoms with Crippen molar-refractivity contribution in [2.45, 2.75) is 0 Å². The van der Waals surface area contributed by atoms with Gasteiger partial charge in [-0.3, -0.25) is 14.9 Å². The summed E-state index contributed by atoms with van der Waals surface area (Å²) in [5, 5.41) is 8.11. The Hall–Kier alpha value is -2.54. The van der Waals surface area contributed by atoms with Crippen LogP contribution < -0.4 is 10.7 Å². The van der Waals surface area contributed by atoms with Crippen molar-refractivity contribution in [3.63, 3.8) is 0 Å². The third-order valence-corrected chi connectivity index (χ3v) is 2.73. The van der Waals surface area contributed by atoms with E-state index in [1.807, 2.05) is 30.3 Å². The number of nitrogens with one attached hydrogen (secondary N) is 2. The SMILES string of the molecule is O=C(NN=Cc1ccccc1)C(=O)Nc1nccs1. The van der Waals surface area contributed by atoms with Gasteiger partial charge in [-0.25, -0.2) is 10.4 Å². The fraction of sp³-hybridized carbons (Fsp3) is 0. The van der Waals surface area contributed by atoms with Crippen LogP contribution in [0.4, 0.5) is 5.13 Å². The molecule has 0 fully saturated rings. The second-order valence-corrected chi connectivity index (χ2v) is 4.30. The molecule has 0 unspecified atom stereocenters. The van der Waals surface area contributed by atoms with Crippen molar-refractivity contribution in [2.75, 3.05) is 5.32 Å². The number of anilines is 1. The number of hydrazone groups is 1. The second-order valence-electron chi connectivity index (χ2n) is 3.40. The van der Waals surface area contributed by atoms with Gasteiger partial charge in [0.2, 0.25) is 0 Å². The summed E-state index contributed by atoms with van der Waals surface area (Å²) in [6, 6.07) is 9.21. The Morgan fingerprint density at radius 3 is 2.68 bits per heavy atom. The number of thiazole rings is 1. The molecule has 0 aliphatic rings. The van der Waals surface area contributed by atoms with Crippen LogP contribution >= 0.6 is 11.3 Å². The molecule has 0 saturated heterocycles. The van der Waals surface area contributed by atoms with Crippen LogP contribution in [0.1, 0.15) is 5.56 Å². The van der Waals surface area contributed by atoms with Crippen molar-refractivity contribution in [1.29, 1.82) is 0 Å². The average molecular weight is 274 g/mol. The van der Waals surface area contributed by atoms with Crippen LogP contribution in [0.15, 0.2) is 47.0 Å². The summed E-state index contributed by atoms with van der Waals surface area (Å²) in [7, 11) is 0. The first-order valence-electron chi connectivity index (χ1n) is 5.34. The largest absolute Gasteiger partial charge is 0.329 e. The summed E-state index contributed by atoms with van der Waals surface area (Å²) >= 11 is 1.23. The highest BCUT2D eigenvalue weighted by Gasteiger charge is 2.13. The highest BCUT2D eigenvalue weighted by Crippen LogP contribution is 2.09. The lowest BCUT2D eigenvalue weighted by molar-refractivity contribution is -0.136. The van der Waals surface area contributed by atoms with E-state index in [0.717, 1.165) is 5.56 Å². The van der Waals surface area contributed by atoms with Gasteiger partial charge in [-0.15, -0.1) is 11.3 Å². The van der Waals surface area contributed by atoms with Crippen LogP contribution in [-0.4, -0.2) is 23.0 Å². The molecule has 2 rings (SSSR count). The van der Waals surface area contributed by atoms with Gasteiger partial charge in [0.1, 0.15) is 0 Å². The van der Waals surface area contributed by atoms with Gasteiger partial charge < -0.3 is 0 Å². The highest BCUT2D eigenvalue weighted by atomic mass is 32.1. The summed E-state index contributed by atoms with van der Waals surface area (Å²) in [5.41, 5.74) is 2.96. The van der Waals surface area contributed by atoms with Gasteiger partial charge in [0, 0.05) is 11.6 Å². The molecule has 0 saturated carbocycles. The lowest BCUT2D eigenvalue weighted by Gasteiger charge is -1.99. The van der Waals surface area contributed by atoms with E-state index >= 15 is 0 Å². The van der Waals surface area contributed by atoms with Gasteiger partial charge in [0.25, 0.3) is 0 Å². The van der Waals surface area contributed by atoms with E-state index in [1.54, 1.807) is 5.38 Å². The molecule has 2 aromatic rings. The zero-order chi connectivity index (χ0) is 13.5. The van der Waals surface area contributed by atoms with Crippen molar-refractivity contribution >= 4 is 34.5 Å². The van der Waals surface area contributed by atoms with Crippen molar-refractivity contribution in [3.05, 3.63) is 47.5 Å². The van der Waals surface area contributed by atoms with E-state index in [1.165, 1.54) is 23.7 Å². The van der Waals surface area contributed by atoms with Gasteiger partial charge >= 0.3 is 11.8 Å². The number of hydrogen-bond donors (Lipinski definition) is 2. The molecule has 0 aliphatic heterocycles. The normalized spacial score (nSPS) is 10.3. The maximum atomic E-state index is 11.4. The number of rotatable bonds is 3. The van der Waals surface area contributed by atoms with Crippen LogP contribution in [0, 0.1) is 0 Å². The molecule has 96 valence electrons. The quantitative estimate of drug-likeness (QED) is 0.501. The topological polar surface area (TPSA) is 83.5 Å². The predicted octanol–water partition coefficient (Wildman–Crippen LogP) is 1.23. The molecule has 2 N–H and O–H groups in total. The lowest BCUT2D eigenvalue weighted by atomic mass is 10.2. The van der Waals surface area contributed by atoms with Crippen LogP contribution in [0.25, 0.3) is 0 Å². The minimum atomic E-state index is -0.845. The van der Waals surface area contributed by atoms with E-state index < -0.39 is 11.8 Å². The van der Waals surface area contributed by atoms with E-state index in [0.29, 0.717) is 5.13 Å². The van der Waals surface area contributed by atoms with Gasteiger partial charge in [0.15, 0.2) is 5.13 Å². The van der Waals surface area contributed by atoms with Gasteiger partial charge in [-0.2, -0.15) is 5.10 Å². The molecule has 7 heteroatoms. The smallest absolute Gasteiger partial charge is 0.294 e. The first-order valence-corrected chi connectivity index (χ1v) is 6.22. The molecule has 2 amide bonds. The Morgan fingerprint density at radius 1 is 1.21 bits per heavy atom. The summed E-state index contributed by atoms with van der Waals surface area (Å²) in [6.07, 6.45) is 2.99. The van der Waals surface area contributed by atoms with Crippen molar-refractivity contribution < 1.29 is 9.59 Å². The molecule has 6 nitrogen and oxygen atoms in total. The van der Waals surface area contributed by atoms with Gasteiger partial charge in [-0.05, 0) is 5.56 Å². The monoisotopic (exact) mass is 274 g/mol. The predicted molar refractivity (Wildman–Crippen MR) is 72.9 cm³/mol. The number of benzene rings is 1. The van der Waals surface area contributed by atoms with Crippen LogP contribution in [-0.2, 0) is 9.59 Å². The molecule has 0 aliphatic carbocycles. The summed E-state index contributed by atoms with van der Waals surface area (Å²) in [4.78, 5) is 26.7. The third-order valence-electron chi connectivity index (χ3n) is 2.04. The number of amides is 2. The molecule has 19 heavy (non-hydrogen) atoms. The molecule has 0 radical (unpaired) electrons. The third kappa shape index (κ3) is 4.00. The molecule has 0 bridgehead atoms. The molecular formula is C12H10N4O2S. The first-order chi connectivity index (χ1) is 9.25. The fourth-order valence-corrected chi connectivity index (χ4v) is 1.72. The first kappa shape index (κ1) is 12.9. The maximum absolute atomic E-state index is 11.4. The Kier molecular flexibility index (Phi) is 4.35.